The minimum Gasteiger partial charge on any atom is -0.478 e. The Hall–Kier alpha value is -1.45. The molecule has 0 amide bonds. The molecule has 1 aromatic heterocycles. The molecule has 1 rings (SSSR count). The fourth-order valence-corrected chi connectivity index (χ4v) is 0.611. The van der Waals surface area contributed by atoms with Crippen molar-refractivity contribution in [2.45, 2.75) is 6.54 Å². The number of carbonyl (C=O) groups is 1. The van der Waals surface area contributed by atoms with Crippen molar-refractivity contribution in [3.63, 3.8) is 0 Å². The maximum Gasteiger partial charge on any atom is 0.346 e. The van der Waals surface area contributed by atoms with Crippen LogP contribution in [-0.2, 0) is 11.3 Å². The summed E-state index contributed by atoms with van der Waals surface area (Å²) in [4.78, 5) is 13.9. The predicted octanol–water partition coefficient (Wildman–Crippen LogP) is -0.546. The zero-order chi connectivity index (χ0) is 7.40. The summed E-state index contributed by atoms with van der Waals surface area (Å²) in [5.74, 6) is -0.863. The quantitative estimate of drug-likeness (QED) is 0.559. The summed E-state index contributed by atoms with van der Waals surface area (Å²) >= 11 is 0. The standard InChI is InChI=1S/C6H6N2O2/c9-6(10)4-8-3-1-2-7-5-8/h1-3,5H,4H2/p+1. The lowest BCUT2D eigenvalue weighted by molar-refractivity contribution is -0.688. The summed E-state index contributed by atoms with van der Waals surface area (Å²) in [6.45, 7) is -0.0339. The molecule has 0 aromatic carbocycles. The summed E-state index contributed by atoms with van der Waals surface area (Å²) in [5.41, 5.74) is 0. The molecule has 0 saturated heterocycles. The number of aliphatic carboxylic acids is 1. The van der Waals surface area contributed by atoms with Gasteiger partial charge in [0.1, 0.15) is 6.20 Å². The summed E-state index contributed by atoms with van der Waals surface area (Å²) < 4.78 is 1.49. The van der Waals surface area contributed by atoms with Gasteiger partial charge in [-0.1, -0.05) is 4.98 Å². The molecule has 0 fully saturated rings. The molecule has 0 aliphatic rings. The first-order chi connectivity index (χ1) is 4.79. The second-order valence-electron chi connectivity index (χ2n) is 1.82. The molecule has 0 spiro atoms. The van der Waals surface area contributed by atoms with Crippen molar-refractivity contribution in [1.29, 1.82) is 0 Å². The van der Waals surface area contributed by atoms with E-state index in [4.69, 9.17) is 5.11 Å². The molecule has 0 bridgehead atoms. The van der Waals surface area contributed by atoms with Crippen LogP contribution in [0.2, 0.25) is 0 Å². The van der Waals surface area contributed by atoms with E-state index in [9.17, 15) is 4.79 Å². The third-order valence-electron chi connectivity index (χ3n) is 0.982. The zero-order valence-corrected chi connectivity index (χ0v) is 5.27. The van der Waals surface area contributed by atoms with E-state index in [-0.39, 0.29) is 6.54 Å². The third-order valence-corrected chi connectivity index (χ3v) is 0.982. The van der Waals surface area contributed by atoms with Crippen molar-refractivity contribution in [1.82, 2.24) is 4.98 Å². The van der Waals surface area contributed by atoms with Gasteiger partial charge in [-0.25, -0.2) is 9.36 Å². The van der Waals surface area contributed by atoms with Crippen molar-refractivity contribution < 1.29 is 14.5 Å². The fraction of sp³-hybridized carbons (Fsp3) is 0.167. The largest absolute Gasteiger partial charge is 0.478 e. The lowest BCUT2D eigenvalue weighted by atomic mass is 10.6. The number of carboxylic acid groups (broad SMARTS) is 1. The Morgan fingerprint density at radius 1 is 1.70 bits per heavy atom. The Kier molecular flexibility index (Phi) is 1.94. The monoisotopic (exact) mass is 139 g/mol. The number of aromatic nitrogens is 2. The Balaban J connectivity index is 2.67. The van der Waals surface area contributed by atoms with E-state index in [0.717, 1.165) is 0 Å². The number of carboxylic acids is 1. The molecule has 0 radical (unpaired) electrons. The Morgan fingerprint density at radius 3 is 3.00 bits per heavy atom. The van der Waals surface area contributed by atoms with Gasteiger partial charge in [-0.05, 0) is 0 Å². The van der Waals surface area contributed by atoms with Gasteiger partial charge in [0.05, 0.1) is 6.20 Å². The summed E-state index contributed by atoms with van der Waals surface area (Å²) in [5, 5.41) is 8.32. The van der Waals surface area contributed by atoms with Gasteiger partial charge in [-0.3, -0.25) is 0 Å². The molecule has 0 atom stereocenters. The van der Waals surface area contributed by atoms with Gasteiger partial charge in [0.15, 0.2) is 6.54 Å². The summed E-state index contributed by atoms with van der Waals surface area (Å²) in [6.07, 6.45) is 4.72. The Labute approximate surface area is 57.8 Å². The first-order valence-electron chi connectivity index (χ1n) is 2.80. The van der Waals surface area contributed by atoms with Gasteiger partial charge in [0, 0.05) is 6.07 Å². The molecule has 4 nitrogen and oxygen atoms in total. The van der Waals surface area contributed by atoms with Crippen LogP contribution in [0.5, 0.6) is 0 Å². The third kappa shape index (κ3) is 1.81. The normalized spacial score (nSPS) is 9.20. The van der Waals surface area contributed by atoms with E-state index in [0.29, 0.717) is 0 Å². The highest BCUT2D eigenvalue weighted by Crippen LogP contribution is 1.70. The molecule has 10 heavy (non-hydrogen) atoms. The van der Waals surface area contributed by atoms with E-state index in [1.54, 1.807) is 18.5 Å². The Morgan fingerprint density at radius 2 is 2.50 bits per heavy atom. The van der Waals surface area contributed by atoms with E-state index in [2.05, 4.69) is 4.98 Å². The lowest BCUT2D eigenvalue weighted by Crippen LogP contribution is -2.37. The van der Waals surface area contributed by atoms with E-state index in [1.165, 1.54) is 10.9 Å². The minimum atomic E-state index is -0.863. The molecule has 1 aromatic rings. The van der Waals surface area contributed by atoms with Gasteiger partial charge < -0.3 is 5.11 Å². The minimum absolute atomic E-state index is 0.0339. The molecule has 0 aliphatic heterocycles. The van der Waals surface area contributed by atoms with Crippen LogP contribution in [0.1, 0.15) is 0 Å². The van der Waals surface area contributed by atoms with Crippen LogP contribution >= 0.6 is 0 Å². The SMILES string of the molecule is O=C(O)C[n+]1cccnc1. The van der Waals surface area contributed by atoms with Crippen LogP contribution in [0.3, 0.4) is 0 Å². The number of nitrogens with zero attached hydrogens (tertiary/aromatic N) is 2. The van der Waals surface area contributed by atoms with Crippen LogP contribution < -0.4 is 4.57 Å². The summed E-state index contributed by atoms with van der Waals surface area (Å²) in [6, 6.07) is 1.68. The van der Waals surface area contributed by atoms with Crippen LogP contribution in [0, 0.1) is 0 Å². The van der Waals surface area contributed by atoms with Gasteiger partial charge in [0.2, 0.25) is 0 Å². The molecular weight excluding hydrogens is 132 g/mol. The van der Waals surface area contributed by atoms with E-state index < -0.39 is 5.97 Å². The smallest absolute Gasteiger partial charge is 0.346 e. The summed E-state index contributed by atoms with van der Waals surface area (Å²) in [7, 11) is 0. The average Bonchev–Trinajstić information content (AvgIpc) is 1.88. The van der Waals surface area contributed by atoms with Gasteiger partial charge >= 0.3 is 5.97 Å². The van der Waals surface area contributed by atoms with Gasteiger partial charge in [-0.2, -0.15) is 0 Å². The lowest BCUT2D eigenvalue weighted by Gasteiger charge is -1.89. The van der Waals surface area contributed by atoms with Gasteiger partial charge in [0.25, 0.3) is 6.33 Å². The second kappa shape index (κ2) is 2.91. The van der Waals surface area contributed by atoms with Crippen LogP contribution in [0.15, 0.2) is 24.8 Å². The topological polar surface area (TPSA) is 54.1 Å². The Bertz CT molecular complexity index is 222. The van der Waals surface area contributed by atoms with E-state index >= 15 is 0 Å². The van der Waals surface area contributed by atoms with E-state index in [1.807, 2.05) is 0 Å². The van der Waals surface area contributed by atoms with Crippen molar-refractivity contribution in [3.8, 4) is 0 Å². The predicted molar refractivity (Wildman–Crippen MR) is 32.1 cm³/mol. The molecule has 4 heteroatoms. The second-order valence-corrected chi connectivity index (χ2v) is 1.82. The number of hydrogen-bond donors (Lipinski definition) is 1. The highest BCUT2D eigenvalue weighted by atomic mass is 16.4. The molecular formula is C6H7N2O2+. The fourth-order valence-electron chi connectivity index (χ4n) is 0.611. The number of hydrogen-bond acceptors (Lipinski definition) is 2. The maximum atomic E-state index is 10.1. The van der Waals surface area contributed by atoms with Crippen molar-refractivity contribution >= 4 is 5.97 Å². The highest BCUT2D eigenvalue weighted by molar-refractivity contribution is 5.64. The van der Waals surface area contributed by atoms with Crippen LogP contribution in [0.4, 0.5) is 0 Å². The average molecular weight is 139 g/mol. The van der Waals surface area contributed by atoms with Crippen LogP contribution in [-0.4, -0.2) is 16.1 Å². The number of rotatable bonds is 2. The molecule has 1 heterocycles. The zero-order valence-electron chi connectivity index (χ0n) is 5.27. The van der Waals surface area contributed by atoms with Crippen molar-refractivity contribution in [2.24, 2.45) is 0 Å². The highest BCUT2D eigenvalue weighted by Gasteiger charge is 2.00. The molecule has 0 saturated carbocycles. The van der Waals surface area contributed by atoms with Crippen LogP contribution in [0.25, 0.3) is 0 Å². The van der Waals surface area contributed by atoms with Crippen molar-refractivity contribution in [2.75, 3.05) is 0 Å². The molecule has 0 aliphatic carbocycles. The first kappa shape index (κ1) is 6.67. The van der Waals surface area contributed by atoms with Gasteiger partial charge in [-0.15, -0.1) is 0 Å². The van der Waals surface area contributed by atoms with Crippen molar-refractivity contribution in [3.05, 3.63) is 24.8 Å². The molecule has 0 unspecified atom stereocenters. The molecule has 1 N–H and O–H groups in total. The first-order valence-corrected chi connectivity index (χ1v) is 2.80. The maximum absolute atomic E-state index is 10.1. The molecule has 52 valence electrons.